The fourth-order valence-electron chi connectivity index (χ4n) is 2.91. The second-order valence-electron chi connectivity index (χ2n) is 5.53. The Morgan fingerprint density at radius 1 is 0.538 bits per heavy atom. The molecule has 26 heavy (non-hydrogen) atoms. The summed E-state index contributed by atoms with van der Waals surface area (Å²) in [5, 5.41) is 0. The Morgan fingerprint density at radius 2 is 1.15 bits per heavy atom. The van der Waals surface area contributed by atoms with Crippen LogP contribution in [0.1, 0.15) is 11.1 Å². The van der Waals surface area contributed by atoms with Gasteiger partial charge in [0.15, 0.2) is 23.0 Å². The van der Waals surface area contributed by atoms with E-state index in [4.69, 9.17) is 28.4 Å². The Kier molecular flexibility index (Phi) is 6.83. The summed E-state index contributed by atoms with van der Waals surface area (Å²) < 4.78 is 32.6. The molecule has 0 spiro atoms. The first-order valence-electron chi connectivity index (χ1n) is 8.20. The summed E-state index contributed by atoms with van der Waals surface area (Å²) in [7, 11) is 9.62. The van der Waals surface area contributed by atoms with Crippen molar-refractivity contribution in [3.8, 4) is 34.5 Å². The van der Waals surface area contributed by atoms with Crippen molar-refractivity contribution in [2.45, 2.75) is 12.8 Å². The van der Waals surface area contributed by atoms with Gasteiger partial charge in [-0.3, -0.25) is 0 Å². The smallest absolute Gasteiger partial charge is 0.207 e. The van der Waals surface area contributed by atoms with Gasteiger partial charge in [0.1, 0.15) is 0 Å². The number of aryl methyl sites for hydroxylation is 2. The van der Waals surface area contributed by atoms with E-state index in [0.29, 0.717) is 34.5 Å². The molecule has 2 aromatic carbocycles. The van der Waals surface area contributed by atoms with Crippen LogP contribution in [0.2, 0.25) is 0 Å². The van der Waals surface area contributed by atoms with Crippen molar-refractivity contribution in [2.75, 3.05) is 42.7 Å². The maximum atomic E-state index is 5.57. The van der Waals surface area contributed by atoms with Crippen LogP contribution in [-0.4, -0.2) is 42.7 Å². The first-order chi connectivity index (χ1) is 12.6. The van der Waals surface area contributed by atoms with Gasteiger partial charge in [-0.25, -0.2) is 0 Å². The molecule has 0 radical (unpaired) electrons. The van der Waals surface area contributed by atoms with E-state index in [9.17, 15) is 0 Å². The van der Waals surface area contributed by atoms with Crippen molar-refractivity contribution in [1.82, 2.24) is 0 Å². The summed E-state index contributed by atoms with van der Waals surface area (Å²) in [5.74, 6) is 3.71. The summed E-state index contributed by atoms with van der Waals surface area (Å²) in [6, 6.07) is 7.82. The molecule has 142 valence electrons. The number of ether oxygens (including phenoxy) is 6. The highest BCUT2D eigenvalue weighted by molar-refractivity contribution is 5.63. The Bertz CT molecular complexity index is 742. The summed E-state index contributed by atoms with van der Waals surface area (Å²) in [6.45, 7) is 0. The van der Waals surface area contributed by atoms with Crippen LogP contribution in [0, 0.1) is 0 Å². The van der Waals surface area contributed by atoms with Gasteiger partial charge in [-0.15, -0.1) is 0 Å². The third kappa shape index (κ3) is 3.90. The van der Waals surface area contributed by atoms with Gasteiger partial charge in [-0.1, -0.05) is 6.07 Å². The zero-order valence-electron chi connectivity index (χ0n) is 16.2. The fourth-order valence-corrected chi connectivity index (χ4v) is 2.91. The van der Waals surface area contributed by atoms with Gasteiger partial charge in [-0.05, 0) is 36.6 Å². The molecule has 2 aromatic rings. The zero-order chi connectivity index (χ0) is 19.1. The van der Waals surface area contributed by atoms with E-state index in [0.717, 1.165) is 24.0 Å². The lowest BCUT2D eigenvalue weighted by Gasteiger charge is -2.18. The maximum Gasteiger partial charge on any atom is 0.207 e. The fraction of sp³-hybridized carbons (Fsp3) is 0.400. The van der Waals surface area contributed by atoms with Crippen molar-refractivity contribution in [3.63, 3.8) is 0 Å². The summed E-state index contributed by atoms with van der Waals surface area (Å²) in [6.07, 6.45) is 1.52. The molecule has 6 heteroatoms. The molecule has 0 heterocycles. The Balaban J connectivity index is 2.34. The van der Waals surface area contributed by atoms with Crippen molar-refractivity contribution in [2.24, 2.45) is 0 Å². The van der Waals surface area contributed by atoms with Crippen molar-refractivity contribution in [3.05, 3.63) is 35.4 Å². The van der Waals surface area contributed by atoms with Gasteiger partial charge in [0, 0.05) is 5.56 Å². The van der Waals surface area contributed by atoms with Crippen LogP contribution in [0.3, 0.4) is 0 Å². The molecule has 0 aliphatic heterocycles. The Hall–Kier alpha value is -2.76. The second kappa shape index (κ2) is 9.08. The molecule has 6 nitrogen and oxygen atoms in total. The van der Waals surface area contributed by atoms with E-state index in [1.54, 1.807) is 42.7 Å². The molecule has 0 fully saturated rings. The van der Waals surface area contributed by atoms with Gasteiger partial charge in [-0.2, -0.15) is 0 Å². The van der Waals surface area contributed by atoms with Gasteiger partial charge in [0.25, 0.3) is 0 Å². The largest absolute Gasteiger partial charge is 0.493 e. The molecule has 0 saturated carbocycles. The molecular formula is C20H26O6. The van der Waals surface area contributed by atoms with E-state index < -0.39 is 0 Å². The molecule has 0 aromatic heterocycles. The van der Waals surface area contributed by atoms with E-state index in [1.807, 2.05) is 24.3 Å². The molecule has 2 rings (SSSR count). The molecule has 0 saturated heterocycles. The first kappa shape index (κ1) is 19.6. The van der Waals surface area contributed by atoms with Crippen molar-refractivity contribution < 1.29 is 28.4 Å². The third-order valence-electron chi connectivity index (χ3n) is 4.20. The minimum absolute atomic E-state index is 0.515. The molecule has 0 amide bonds. The molecule has 0 bridgehead atoms. The lowest BCUT2D eigenvalue weighted by atomic mass is 10.0. The summed E-state index contributed by atoms with van der Waals surface area (Å²) >= 11 is 0. The summed E-state index contributed by atoms with van der Waals surface area (Å²) in [4.78, 5) is 0. The van der Waals surface area contributed by atoms with Crippen molar-refractivity contribution >= 4 is 0 Å². The Morgan fingerprint density at radius 3 is 1.69 bits per heavy atom. The highest BCUT2D eigenvalue weighted by Gasteiger charge is 2.21. The normalized spacial score (nSPS) is 10.2. The number of methoxy groups -OCH3 is 6. The highest BCUT2D eigenvalue weighted by Crippen LogP contribution is 2.46. The second-order valence-corrected chi connectivity index (χ2v) is 5.53. The zero-order valence-corrected chi connectivity index (χ0v) is 16.2. The minimum atomic E-state index is 0.515. The number of rotatable bonds is 9. The lowest BCUT2D eigenvalue weighted by Crippen LogP contribution is -2.03. The van der Waals surface area contributed by atoms with Gasteiger partial charge < -0.3 is 28.4 Å². The Labute approximate surface area is 154 Å². The molecule has 0 N–H and O–H groups in total. The van der Waals surface area contributed by atoms with Crippen LogP contribution in [0.4, 0.5) is 0 Å². The van der Waals surface area contributed by atoms with E-state index in [2.05, 4.69) is 0 Å². The quantitative estimate of drug-likeness (QED) is 0.680. The topological polar surface area (TPSA) is 55.4 Å². The molecule has 0 aliphatic rings. The number of benzene rings is 2. The summed E-state index contributed by atoms with van der Waals surface area (Å²) in [5.41, 5.74) is 2.09. The van der Waals surface area contributed by atoms with Gasteiger partial charge in [0.2, 0.25) is 11.5 Å². The van der Waals surface area contributed by atoms with Gasteiger partial charge in [0.05, 0.1) is 42.7 Å². The molecule has 0 unspecified atom stereocenters. The molecule has 0 atom stereocenters. The highest BCUT2D eigenvalue weighted by atomic mass is 16.5. The monoisotopic (exact) mass is 362 g/mol. The third-order valence-corrected chi connectivity index (χ3v) is 4.20. The van der Waals surface area contributed by atoms with Gasteiger partial charge >= 0.3 is 0 Å². The predicted molar refractivity (Wildman–Crippen MR) is 99.6 cm³/mol. The van der Waals surface area contributed by atoms with Crippen LogP contribution >= 0.6 is 0 Å². The molecular weight excluding hydrogens is 336 g/mol. The minimum Gasteiger partial charge on any atom is -0.493 e. The first-order valence-corrected chi connectivity index (χ1v) is 8.20. The molecule has 0 aliphatic carbocycles. The van der Waals surface area contributed by atoms with Crippen LogP contribution < -0.4 is 28.4 Å². The maximum absolute atomic E-state index is 5.57. The number of hydrogen-bond donors (Lipinski definition) is 0. The number of hydrogen-bond acceptors (Lipinski definition) is 6. The predicted octanol–water partition coefficient (Wildman–Crippen LogP) is 3.52. The van der Waals surface area contributed by atoms with Crippen molar-refractivity contribution in [1.29, 1.82) is 0 Å². The van der Waals surface area contributed by atoms with Crippen LogP contribution in [-0.2, 0) is 12.8 Å². The lowest BCUT2D eigenvalue weighted by molar-refractivity contribution is 0.303. The average Bonchev–Trinajstić information content (AvgIpc) is 2.70. The van der Waals surface area contributed by atoms with E-state index >= 15 is 0 Å². The SMILES string of the molecule is COc1ccc(CCc2cc(OC)c(OC)c(OC)c2OC)cc1OC. The average molecular weight is 362 g/mol. The van der Waals surface area contributed by atoms with E-state index in [-0.39, 0.29) is 0 Å². The van der Waals surface area contributed by atoms with Crippen LogP contribution in [0.25, 0.3) is 0 Å². The standard InChI is InChI=1S/C20H26O6/c1-21-15-10-8-13(11-16(15)22-2)7-9-14-12-17(23-3)19(25-5)20(26-6)18(14)24-4/h8,10-12H,7,9H2,1-6H3. The van der Waals surface area contributed by atoms with Crippen LogP contribution in [0.5, 0.6) is 34.5 Å². The van der Waals surface area contributed by atoms with Crippen LogP contribution in [0.15, 0.2) is 24.3 Å². The van der Waals surface area contributed by atoms with E-state index in [1.165, 1.54) is 0 Å².